The topological polar surface area (TPSA) is 149 Å². The summed E-state index contributed by atoms with van der Waals surface area (Å²) < 4.78 is 11.2. The van der Waals surface area contributed by atoms with E-state index in [2.05, 4.69) is 55.6 Å². The van der Waals surface area contributed by atoms with E-state index >= 15 is 0 Å². The molecular formula is C43H77NO8. The maximum atomic E-state index is 12.9. The first-order chi connectivity index (χ1) is 25.3. The van der Waals surface area contributed by atoms with Crippen LogP contribution < -0.4 is 5.32 Å². The average Bonchev–Trinajstić information content (AvgIpc) is 3.14. The van der Waals surface area contributed by atoms with Gasteiger partial charge in [0.2, 0.25) is 5.91 Å². The number of carbonyl (C=O) groups is 1. The summed E-state index contributed by atoms with van der Waals surface area (Å²) in [6.07, 6.45) is 34.3. The minimum atomic E-state index is -1.57. The summed E-state index contributed by atoms with van der Waals surface area (Å²) in [4.78, 5) is 12.9. The van der Waals surface area contributed by atoms with Crippen LogP contribution in [-0.2, 0) is 14.3 Å². The molecular weight excluding hydrogens is 658 g/mol. The van der Waals surface area contributed by atoms with Gasteiger partial charge in [0, 0.05) is 6.42 Å². The van der Waals surface area contributed by atoms with Crippen LogP contribution in [0.25, 0.3) is 0 Å². The summed E-state index contributed by atoms with van der Waals surface area (Å²) in [7, 11) is 0. The van der Waals surface area contributed by atoms with Crippen molar-refractivity contribution >= 4 is 5.91 Å². The summed E-state index contributed by atoms with van der Waals surface area (Å²) in [6, 6.07) is -0.826. The molecule has 7 unspecified atom stereocenters. The van der Waals surface area contributed by atoms with Crippen LogP contribution in [0.2, 0.25) is 0 Å². The standard InChI is InChI=1S/C43H77NO8/c1-3-5-7-9-11-13-15-17-19-21-23-25-27-29-31-33-39(47)44-36(35-51-43-42(50)41(49)40(48)38(34-45)52-43)37(46)32-30-28-26-24-22-20-18-16-14-12-10-8-6-4-2/h11,13,15,17,22,24,30,32,36-38,40-43,45-46,48-50H,3-10,12,14,16,18-21,23,25-29,31,33-35H2,1-2H3,(H,44,47)/b13-11-,17-15-,24-22+,32-30+. The summed E-state index contributed by atoms with van der Waals surface area (Å²) in [5.41, 5.74) is 0. The number of nitrogens with one attached hydrogen (secondary N) is 1. The van der Waals surface area contributed by atoms with Gasteiger partial charge in [-0.25, -0.2) is 0 Å². The van der Waals surface area contributed by atoms with E-state index in [1.54, 1.807) is 6.08 Å². The maximum Gasteiger partial charge on any atom is 0.220 e. The van der Waals surface area contributed by atoms with Crippen molar-refractivity contribution < 1.29 is 39.8 Å². The number of aliphatic hydroxyl groups is 5. The lowest BCUT2D eigenvalue weighted by atomic mass is 9.99. The van der Waals surface area contributed by atoms with Gasteiger partial charge in [0.25, 0.3) is 0 Å². The molecule has 0 saturated carbocycles. The van der Waals surface area contributed by atoms with Crippen molar-refractivity contribution in [2.24, 2.45) is 0 Å². The van der Waals surface area contributed by atoms with Crippen LogP contribution in [0.5, 0.6) is 0 Å². The Balaban J connectivity index is 2.46. The van der Waals surface area contributed by atoms with Crippen molar-refractivity contribution in [3.8, 4) is 0 Å². The minimum Gasteiger partial charge on any atom is -0.394 e. The lowest BCUT2D eigenvalue weighted by molar-refractivity contribution is -0.302. The molecule has 0 aromatic carbocycles. The Morgan fingerprint density at radius 2 is 1.15 bits per heavy atom. The molecule has 0 aromatic heterocycles. The zero-order valence-corrected chi connectivity index (χ0v) is 32.8. The largest absolute Gasteiger partial charge is 0.394 e. The van der Waals surface area contributed by atoms with Crippen molar-refractivity contribution in [3.05, 3.63) is 48.6 Å². The Labute approximate surface area is 316 Å². The van der Waals surface area contributed by atoms with Gasteiger partial charge < -0.3 is 40.3 Å². The molecule has 1 aliphatic heterocycles. The average molecular weight is 736 g/mol. The van der Waals surface area contributed by atoms with E-state index in [1.807, 2.05) is 6.08 Å². The summed E-state index contributed by atoms with van der Waals surface area (Å²) >= 11 is 0. The molecule has 0 radical (unpaired) electrons. The van der Waals surface area contributed by atoms with E-state index in [4.69, 9.17) is 9.47 Å². The summed E-state index contributed by atoms with van der Waals surface area (Å²) in [6.45, 7) is 3.69. The SMILES string of the molecule is CCCCC/C=C\C=C/CCCCCCCCC(=O)NC(COC1OC(CO)C(O)C(O)C1O)C(O)/C=C/CC/C=C/CCCCCCCCCC. The first-order valence-corrected chi connectivity index (χ1v) is 20.9. The Bertz CT molecular complexity index is 951. The van der Waals surface area contributed by atoms with Gasteiger partial charge in [0.15, 0.2) is 6.29 Å². The van der Waals surface area contributed by atoms with Gasteiger partial charge in [-0.15, -0.1) is 0 Å². The number of hydrogen-bond donors (Lipinski definition) is 6. The molecule has 0 aromatic rings. The van der Waals surface area contributed by atoms with Gasteiger partial charge in [-0.3, -0.25) is 4.79 Å². The predicted octanol–water partition coefficient (Wildman–Crippen LogP) is 7.89. The van der Waals surface area contributed by atoms with Crippen LogP contribution in [-0.4, -0.2) is 87.5 Å². The van der Waals surface area contributed by atoms with Crippen LogP contribution in [0.15, 0.2) is 48.6 Å². The second-order valence-electron chi connectivity index (χ2n) is 14.4. The normalized spacial score (nSPS) is 22.3. The lowest BCUT2D eigenvalue weighted by Crippen LogP contribution is -2.60. The maximum absolute atomic E-state index is 12.9. The molecule has 1 heterocycles. The van der Waals surface area contributed by atoms with Crippen LogP contribution >= 0.6 is 0 Å². The lowest BCUT2D eigenvalue weighted by Gasteiger charge is -2.40. The predicted molar refractivity (Wildman–Crippen MR) is 212 cm³/mol. The van der Waals surface area contributed by atoms with Gasteiger partial charge in [-0.1, -0.05) is 146 Å². The third-order valence-electron chi connectivity index (χ3n) is 9.65. The Hall–Kier alpha value is -1.85. The fraction of sp³-hybridized carbons (Fsp3) is 0.791. The molecule has 6 N–H and O–H groups in total. The van der Waals surface area contributed by atoms with Crippen molar-refractivity contribution in [1.82, 2.24) is 5.32 Å². The molecule has 0 spiro atoms. The highest BCUT2D eigenvalue weighted by Gasteiger charge is 2.44. The number of rotatable bonds is 33. The Kier molecular flexibility index (Phi) is 31.2. The van der Waals surface area contributed by atoms with Crippen LogP contribution in [0.4, 0.5) is 0 Å². The number of unbranched alkanes of at least 4 members (excludes halogenated alkanes) is 18. The Morgan fingerprint density at radius 3 is 1.77 bits per heavy atom. The number of aliphatic hydroxyl groups excluding tert-OH is 5. The van der Waals surface area contributed by atoms with E-state index in [0.717, 1.165) is 64.2 Å². The number of hydrogen-bond acceptors (Lipinski definition) is 8. The number of carbonyl (C=O) groups excluding carboxylic acids is 1. The molecule has 9 heteroatoms. The summed E-state index contributed by atoms with van der Waals surface area (Å²) in [5, 5.41) is 54.0. The van der Waals surface area contributed by atoms with Crippen molar-refractivity contribution in [2.45, 2.75) is 204 Å². The molecule has 0 bridgehead atoms. The molecule has 0 aliphatic carbocycles. The van der Waals surface area contributed by atoms with Crippen molar-refractivity contribution in [3.63, 3.8) is 0 Å². The minimum absolute atomic E-state index is 0.202. The summed E-state index contributed by atoms with van der Waals surface area (Å²) in [5.74, 6) is -0.202. The van der Waals surface area contributed by atoms with Crippen LogP contribution in [0.1, 0.15) is 162 Å². The van der Waals surface area contributed by atoms with E-state index in [0.29, 0.717) is 6.42 Å². The quantitative estimate of drug-likeness (QED) is 0.0227. The Morgan fingerprint density at radius 1 is 0.654 bits per heavy atom. The fourth-order valence-electron chi connectivity index (χ4n) is 6.22. The first-order valence-electron chi connectivity index (χ1n) is 20.9. The molecule has 1 aliphatic rings. The van der Waals surface area contributed by atoms with Gasteiger partial charge >= 0.3 is 0 Å². The van der Waals surface area contributed by atoms with Gasteiger partial charge in [-0.2, -0.15) is 0 Å². The smallest absolute Gasteiger partial charge is 0.220 e. The monoisotopic (exact) mass is 736 g/mol. The highest BCUT2D eigenvalue weighted by Crippen LogP contribution is 2.22. The first kappa shape index (κ1) is 48.2. The fourth-order valence-corrected chi connectivity index (χ4v) is 6.22. The van der Waals surface area contributed by atoms with Gasteiger partial charge in [-0.05, 0) is 57.8 Å². The number of amides is 1. The van der Waals surface area contributed by atoms with E-state index in [-0.39, 0.29) is 12.5 Å². The highest BCUT2D eigenvalue weighted by molar-refractivity contribution is 5.76. The molecule has 1 amide bonds. The van der Waals surface area contributed by atoms with Crippen molar-refractivity contribution in [2.75, 3.05) is 13.2 Å². The van der Waals surface area contributed by atoms with E-state index in [9.17, 15) is 30.3 Å². The second-order valence-corrected chi connectivity index (χ2v) is 14.4. The third-order valence-corrected chi connectivity index (χ3v) is 9.65. The molecule has 9 nitrogen and oxygen atoms in total. The second kappa shape index (κ2) is 33.7. The molecule has 1 saturated heterocycles. The third kappa shape index (κ3) is 24.5. The zero-order chi connectivity index (χ0) is 38.1. The van der Waals surface area contributed by atoms with Crippen LogP contribution in [0, 0.1) is 0 Å². The van der Waals surface area contributed by atoms with E-state index < -0.39 is 49.5 Å². The van der Waals surface area contributed by atoms with Gasteiger partial charge in [0.05, 0.1) is 25.4 Å². The van der Waals surface area contributed by atoms with Crippen molar-refractivity contribution in [1.29, 1.82) is 0 Å². The van der Waals surface area contributed by atoms with E-state index in [1.165, 1.54) is 77.0 Å². The van der Waals surface area contributed by atoms with Gasteiger partial charge in [0.1, 0.15) is 24.4 Å². The zero-order valence-electron chi connectivity index (χ0n) is 32.8. The number of ether oxygens (including phenoxy) is 2. The van der Waals surface area contributed by atoms with Crippen LogP contribution in [0.3, 0.4) is 0 Å². The highest BCUT2D eigenvalue weighted by atomic mass is 16.7. The molecule has 302 valence electrons. The molecule has 1 rings (SSSR count). The number of allylic oxidation sites excluding steroid dienone is 7. The molecule has 1 fully saturated rings. The molecule has 52 heavy (non-hydrogen) atoms. The molecule has 7 atom stereocenters.